The van der Waals surface area contributed by atoms with E-state index in [2.05, 4.69) is 11.8 Å². The van der Waals surface area contributed by atoms with Crippen LogP contribution in [-0.4, -0.2) is 13.7 Å². The first-order valence-corrected chi connectivity index (χ1v) is 6.37. The average molecular weight is 267 g/mol. The van der Waals surface area contributed by atoms with Crippen molar-refractivity contribution in [1.82, 2.24) is 0 Å². The molecule has 3 heteroatoms. The van der Waals surface area contributed by atoms with Crippen LogP contribution in [0.2, 0.25) is 0 Å². The van der Waals surface area contributed by atoms with Gasteiger partial charge in [0.25, 0.3) is 0 Å². The van der Waals surface area contributed by atoms with Gasteiger partial charge >= 0.3 is 0 Å². The fraction of sp³-hybridized carbons (Fsp3) is 0.176. The number of hydrogen-bond donors (Lipinski definition) is 1. The Hall–Kier alpha value is -2.44. The van der Waals surface area contributed by atoms with E-state index in [1.807, 2.05) is 48.5 Å². The van der Waals surface area contributed by atoms with Gasteiger partial charge in [0, 0.05) is 11.1 Å². The predicted molar refractivity (Wildman–Crippen MR) is 79.7 cm³/mol. The van der Waals surface area contributed by atoms with Crippen LogP contribution in [0.3, 0.4) is 0 Å². The summed E-state index contributed by atoms with van der Waals surface area (Å²) in [5.74, 6) is 7.47. The maximum atomic E-state index is 5.74. The Labute approximate surface area is 119 Å². The molecule has 0 aliphatic rings. The summed E-state index contributed by atoms with van der Waals surface area (Å²) in [6.07, 6.45) is 0. The molecule has 0 heterocycles. The van der Waals surface area contributed by atoms with Gasteiger partial charge in [0.2, 0.25) is 0 Å². The Bertz CT molecular complexity index is 612. The summed E-state index contributed by atoms with van der Waals surface area (Å²) in [7, 11) is 1.65. The third kappa shape index (κ3) is 3.78. The number of nitrogens with two attached hydrogens (primary N) is 1. The van der Waals surface area contributed by atoms with Crippen LogP contribution >= 0.6 is 0 Å². The predicted octanol–water partition coefficient (Wildman–Crippen LogP) is 2.58. The van der Waals surface area contributed by atoms with Gasteiger partial charge in [-0.25, -0.2) is 0 Å². The zero-order valence-corrected chi connectivity index (χ0v) is 11.4. The molecule has 0 aliphatic carbocycles. The van der Waals surface area contributed by atoms with Crippen molar-refractivity contribution in [2.24, 2.45) is 5.73 Å². The summed E-state index contributed by atoms with van der Waals surface area (Å²) in [5.41, 5.74) is 7.25. The lowest BCUT2D eigenvalue weighted by molar-refractivity contribution is 0.296. The van der Waals surface area contributed by atoms with E-state index in [1.54, 1.807) is 7.11 Å². The van der Waals surface area contributed by atoms with Crippen LogP contribution < -0.4 is 15.2 Å². The van der Waals surface area contributed by atoms with E-state index >= 15 is 0 Å². The van der Waals surface area contributed by atoms with Crippen LogP contribution in [0.25, 0.3) is 0 Å². The third-order valence-corrected chi connectivity index (χ3v) is 2.75. The number of para-hydroxylation sites is 1. The molecule has 2 N–H and O–H groups in total. The molecule has 0 aromatic heterocycles. The van der Waals surface area contributed by atoms with Gasteiger partial charge in [0.15, 0.2) is 0 Å². The SMILES string of the molecule is COc1ccc(C#CCN)cc1COc1ccccc1. The second-order valence-electron chi connectivity index (χ2n) is 4.13. The molecule has 0 radical (unpaired) electrons. The Morgan fingerprint density at radius 3 is 2.60 bits per heavy atom. The zero-order chi connectivity index (χ0) is 14.2. The minimum atomic E-state index is 0.349. The van der Waals surface area contributed by atoms with Gasteiger partial charge < -0.3 is 15.2 Å². The van der Waals surface area contributed by atoms with Crippen LogP contribution in [0.1, 0.15) is 11.1 Å². The van der Waals surface area contributed by atoms with Crippen LogP contribution in [-0.2, 0) is 6.61 Å². The largest absolute Gasteiger partial charge is 0.496 e. The van der Waals surface area contributed by atoms with Crippen LogP contribution in [0.15, 0.2) is 48.5 Å². The van der Waals surface area contributed by atoms with Crippen molar-refractivity contribution < 1.29 is 9.47 Å². The third-order valence-electron chi connectivity index (χ3n) is 2.75. The smallest absolute Gasteiger partial charge is 0.125 e. The maximum Gasteiger partial charge on any atom is 0.125 e. The van der Waals surface area contributed by atoms with Crippen molar-refractivity contribution in [3.8, 4) is 23.3 Å². The van der Waals surface area contributed by atoms with Crippen LogP contribution in [0.5, 0.6) is 11.5 Å². The summed E-state index contributed by atoms with van der Waals surface area (Å²) in [4.78, 5) is 0. The van der Waals surface area contributed by atoms with E-state index in [1.165, 1.54) is 0 Å². The molecule has 2 aromatic carbocycles. The van der Waals surface area contributed by atoms with Crippen molar-refractivity contribution in [2.45, 2.75) is 6.61 Å². The lowest BCUT2D eigenvalue weighted by Crippen LogP contribution is -1.99. The number of ether oxygens (including phenoxy) is 2. The van der Waals surface area contributed by atoms with Crippen molar-refractivity contribution in [2.75, 3.05) is 13.7 Å². The highest BCUT2D eigenvalue weighted by atomic mass is 16.5. The van der Waals surface area contributed by atoms with Crippen molar-refractivity contribution in [3.05, 3.63) is 59.7 Å². The Balaban J connectivity index is 2.16. The van der Waals surface area contributed by atoms with E-state index in [9.17, 15) is 0 Å². The van der Waals surface area contributed by atoms with Gasteiger partial charge in [-0.1, -0.05) is 30.0 Å². The molecular weight excluding hydrogens is 250 g/mol. The van der Waals surface area contributed by atoms with Gasteiger partial charge in [0.05, 0.1) is 13.7 Å². The molecule has 3 nitrogen and oxygen atoms in total. The molecule has 0 saturated heterocycles. The average Bonchev–Trinajstić information content (AvgIpc) is 2.52. The molecule has 102 valence electrons. The lowest BCUT2D eigenvalue weighted by Gasteiger charge is -2.10. The van der Waals surface area contributed by atoms with E-state index in [0.29, 0.717) is 13.2 Å². The molecule has 0 atom stereocenters. The van der Waals surface area contributed by atoms with Crippen molar-refractivity contribution >= 4 is 0 Å². The first-order valence-electron chi connectivity index (χ1n) is 6.37. The second kappa shape index (κ2) is 7.22. The molecular formula is C17H17NO2. The molecule has 2 aromatic rings. The molecule has 0 aliphatic heterocycles. The minimum absolute atomic E-state index is 0.349. The van der Waals surface area contributed by atoms with Gasteiger partial charge in [-0.15, -0.1) is 0 Å². The monoisotopic (exact) mass is 267 g/mol. The molecule has 0 bridgehead atoms. The Morgan fingerprint density at radius 2 is 1.90 bits per heavy atom. The van der Waals surface area contributed by atoms with Crippen LogP contribution in [0, 0.1) is 11.8 Å². The van der Waals surface area contributed by atoms with Gasteiger partial charge in [0.1, 0.15) is 18.1 Å². The molecule has 0 saturated carbocycles. The quantitative estimate of drug-likeness (QED) is 0.866. The summed E-state index contributed by atoms with van der Waals surface area (Å²) in [5, 5.41) is 0. The first-order chi connectivity index (χ1) is 9.83. The van der Waals surface area contributed by atoms with E-state index in [-0.39, 0.29) is 0 Å². The molecule has 0 spiro atoms. The van der Waals surface area contributed by atoms with Gasteiger partial charge in [-0.2, -0.15) is 0 Å². The molecule has 0 fully saturated rings. The number of benzene rings is 2. The summed E-state index contributed by atoms with van der Waals surface area (Å²) < 4.78 is 11.1. The molecule has 0 unspecified atom stereocenters. The summed E-state index contributed by atoms with van der Waals surface area (Å²) >= 11 is 0. The Kier molecular flexibility index (Phi) is 5.05. The van der Waals surface area contributed by atoms with E-state index in [4.69, 9.17) is 15.2 Å². The summed E-state index contributed by atoms with van der Waals surface area (Å²) in [6.45, 7) is 0.785. The van der Waals surface area contributed by atoms with Gasteiger partial charge in [-0.3, -0.25) is 0 Å². The standard InChI is InChI=1S/C17H17NO2/c1-19-17-10-9-14(6-5-11-18)12-15(17)13-20-16-7-3-2-4-8-16/h2-4,7-10,12H,11,13,18H2,1H3. The minimum Gasteiger partial charge on any atom is -0.496 e. The molecule has 0 amide bonds. The highest BCUT2D eigenvalue weighted by molar-refractivity contribution is 5.44. The number of rotatable bonds is 4. The van der Waals surface area contributed by atoms with E-state index in [0.717, 1.165) is 22.6 Å². The van der Waals surface area contributed by atoms with Crippen molar-refractivity contribution in [1.29, 1.82) is 0 Å². The highest BCUT2D eigenvalue weighted by Gasteiger charge is 2.05. The molecule has 2 rings (SSSR count). The first kappa shape index (κ1) is 14.0. The topological polar surface area (TPSA) is 44.5 Å². The van der Waals surface area contributed by atoms with Crippen LogP contribution in [0.4, 0.5) is 0 Å². The fourth-order valence-corrected chi connectivity index (χ4v) is 1.80. The molecule has 20 heavy (non-hydrogen) atoms. The second-order valence-corrected chi connectivity index (χ2v) is 4.13. The highest BCUT2D eigenvalue weighted by Crippen LogP contribution is 2.21. The maximum absolute atomic E-state index is 5.74. The van der Waals surface area contributed by atoms with Crippen molar-refractivity contribution in [3.63, 3.8) is 0 Å². The Morgan fingerprint density at radius 1 is 1.10 bits per heavy atom. The summed E-state index contributed by atoms with van der Waals surface area (Å²) in [6, 6.07) is 15.4. The van der Waals surface area contributed by atoms with Gasteiger partial charge in [-0.05, 0) is 30.3 Å². The zero-order valence-electron chi connectivity index (χ0n) is 11.4. The number of hydrogen-bond acceptors (Lipinski definition) is 3. The van der Waals surface area contributed by atoms with E-state index < -0.39 is 0 Å². The fourth-order valence-electron chi connectivity index (χ4n) is 1.80. The normalized spacial score (nSPS) is 9.50. The lowest BCUT2D eigenvalue weighted by atomic mass is 10.1. The number of methoxy groups -OCH3 is 1.